The third kappa shape index (κ3) is 41.0. The van der Waals surface area contributed by atoms with Crippen molar-refractivity contribution in [1.82, 2.24) is 0 Å². The van der Waals surface area contributed by atoms with E-state index in [4.69, 9.17) is 9.47 Å². The summed E-state index contributed by atoms with van der Waals surface area (Å²) < 4.78 is 14.9. The highest BCUT2D eigenvalue weighted by Crippen LogP contribution is 2.15. The molecule has 0 unspecified atom stereocenters. The molecule has 0 aromatic carbocycles. The standard InChI is InChI=1S/C33H64O4.C4H10O/c1-3-4-5-6-7-8-9-11-15-18-21-24-27-30-33(35)37-31-28-25-22-19-16-13-10-12-14-17-20-23-26-29-32(34)36-2;1-3-5-4-2/h3-31H2,1-2H3;3-4H2,1-2H3. The minimum atomic E-state index is -0.0822. The van der Waals surface area contributed by atoms with Crippen LogP contribution in [-0.2, 0) is 23.8 Å². The van der Waals surface area contributed by atoms with E-state index in [1.165, 1.54) is 148 Å². The van der Waals surface area contributed by atoms with Crippen molar-refractivity contribution in [3.63, 3.8) is 0 Å². The summed E-state index contributed by atoms with van der Waals surface area (Å²) in [6, 6.07) is 0. The Morgan fingerprint density at radius 1 is 0.405 bits per heavy atom. The van der Waals surface area contributed by atoms with Crippen molar-refractivity contribution in [3.8, 4) is 0 Å². The molecule has 0 N–H and O–H groups in total. The van der Waals surface area contributed by atoms with Crippen LogP contribution in [0, 0.1) is 0 Å². The van der Waals surface area contributed by atoms with Gasteiger partial charge in [0.15, 0.2) is 0 Å². The monoisotopic (exact) mass is 599 g/mol. The molecule has 5 nitrogen and oxygen atoms in total. The summed E-state index contributed by atoms with van der Waals surface area (Å²) >= 11 is 0. The van der Waals surface area contributed by atoms with Gasteiger partial charge in [0, 0.05) is 26.1 Å². The highest BCUT2D eigenvalue weighted by atomic mass is 16.5. The molecule has 0 atom stereocenters. The normalized spacial score (nSPS) is 10.8. The van der Waals surface area contributed by atoms with Gasteiger partial charge in [-0.2, -0.15) is 0 Å². The van der Waals surface area contributed by atoms with Crippen LogP contribution < -0.4 is 0 Å². The molecule has 5 heteroatoms. The zero-order valence-corrected chi connectivity index (χ0v) is 29.0. The molecule has 0 saturated heterocycles. The quantitative estimate of drug-likeness (QED) is 0.0569. The lowest BCUT2D eigenvalue weighted by molar-refractivity contribution is -0.144. The first kappa shape index (κ1) is 43.0. The fourth-order valence-electron chi connectivity index (χ4n) is 5.17. The smallest absolute Gasteiger partial charge is 0.305 e. The Balaban J connectivity index is 0. The number of methoxy groups -OCH3 is 1. The molecule has 0 aromatic heterocycles. The van der Waals surface area contributed by atoms with Crippen molar-refractivity contribution in [2.45, 2.75) is 201 Å². The largest absolute Gasteiger partial charge is 0.469 e. The van der Waals surface area contributed by atoms with Crippen LogP contribution in [0.25, 0.3) is 0 Å². The van der Waals surface area contributed by atoms with Crippen molar-refractivity contribution in [2.75, 3.05) is 26.9 Å². The molecular formula is C37H74O5. The third-order valence-electron chi connectivity index (χ3n) is 7.91. The molecular weight excluding hydrogens is 524 g/mol. The van der Waals surface area contributed by atoms with Gasteiger partial charge in [-0.25, -0.2) is 0 Å². The van der Waals surface area contributed by atoms with E-state index >= 15 is 0 Å². The van der Waals surface area contributed by atoms with Gasteiger partial charge in [-0.3, -0.25) is 9.59 Å². The molecule has 0 bridgehead atoms. The number of hydrogen-bond acceptors (Lipinski definition) is 5. The Labute approximate surface area is 263 Å². The lowest BCUT2D eigenvalue weighted by Gasteiger charge is -2.06. The highest BCUT2D eigenvalue weighted by molar-refractivity contribution is 5.69. The van der Waals surface area contributed by atoms with Crippen molar-refractivity contribution < 1.29 is 23.8 Å². The second-order valence-corrected chi connectivity index (χ2v) is 11.9. The van der Waals surface area contributed by atoms with E-state index in [0.717, 1.165) is 38.9 Å². The predicted octanol–water partition coefficient (Wildman–Crippen LogP) is 11.7. The van der Waals surface area contributed by atoms with Gasteiger partial charge in [-0.15, -0.1) is 0 Å². The number of unbranched alkanes of at least 4 members (excludes halogenated alkanes) is 24. The Hall–Kier alpha value is -1.10. The van der Waals surface area contributed by atoms with Crippen molar-refractivity contribution in [1.29, 1.82) is 0 Å². The van der Waals surface area contributed by atoms with Gasteiger partial charge in [-0.1, -0.05) is 155 Å². The van der Waals surface area contributed by atoms with Gasteiger partial charge in [0.1, 0.15) is 0 Å². The van der Waals surface area contributed by atoms with Crippen LogP contribution >= 0.6 is 0 Å². The van der Waals surface area contributed by atoms with Gasteiger partial charge in [0.25, 0.3) is 0 Å². The molecule has 0 aliphatic heterocycles. The van der Waals surface area contributed by atoms with E-state index in [2.05, 4.69) is 11.7 Å². The van der Waals surface area contributed by atoms with E-state index in [9.17, 15) is 9.59 Å². The van der Waals surface area contributed by atoms with E-state index in [1.54, 1.807) is 0 Å². The van der Waals surface area contributed by atoms with Crippen LogP contribution in [0.5, 0.6) is 0 Å². The lowest BCUT2D eigenvalue weighted by Crippen LogP contribution is -2.05. The van der Waals surface area contributed by atoms with Crippen LogP contribution in [0.15, 0.2) is 0 Å². The lowest BCUT2D eigenvalue weighted by atomic mass is 10.0. The number of carbonyl (C=O) groups is 2. The Bertz CT molecular complexity index is 520. The molecule has 0 fully saturated rings. The summed E-state index contributed by atoms with van der Waals surface area (Å²) in [5, 5.41) is 0. The van der Waals surface area contributed by atoms with Crippen LogP contribution in [0.2, 0.25) is 0 Å². The topological polar surface area (TPSA) is 61.8 Å². The zero-order valence-electron chi connectivity index (χ0n) is 29.0. The fourth-order valence-corrected chi connectivity index (χ4v) is 5.17. The molecule has 252 valence electrons. The van der Waals surface area contributed by atoms with Gasteiger partial charge in [-0.05, 0) is 33.1 Å². The Morgan fingerprint density at radius 2 is 0.714 bits per heavy atom. The third-order valence-corrected chi connectivity index (χ3v) is 7.91. The SMILES string of the molecule is CCCCCCCCCCCCCCCC(=O)OCCCCCCCCCCCCCCCC(=O)OC.CCOCC. The summed E-state index contributed by atoms with van der Waals surface area (Å²) in [5.41, 5.74) is 0. The maximum absolute atomic E-state index is 11.9. The second kappa shape index (κ2) is 39.9. The molecule has 0 rings (SSSR count). The van der Waals surface area contributed by atoms with Crippen molar-refractivity contribution in [3.05, 3.63) is 0 Å². The average Bonchev–Trinajstić information content (AvgIpc) is 2.99. The Morgan fingerprint density at radius 3 is 1.02 bits per heavy atom. The number of hydrogen-bond donors (Lipinski definition) is 0. The van der Waals surface area contributed by atoms with E-state index < -0.39 is 0 Å². The number of ether oxygens (including phenoxy) is 3. The second-order valence-electron chi connectivity index (χ2n) is 11.9. The molecule has 0 spiro atoms. The first-order valence-electron chi connectivity index (χ1n) is 18.4. The number of rotatable bonds is 32. The Kier molecular flexibility index (Phi) is 40.9. The predicted molar refractivity (Wildman–Crippen MR) is 180 cm³/mol. The maximum Gasteiger partial charge on any atom is 0.305 e. The summed E-state index contributed by atoms with van der Waals surface area (Å²) in [6.07, 6.45) is 34.6. The molecule has 0 aromatic rings. The van der Waals surface area contributed by atoms with Gasteiger partial charge < -0.3 is 14.2 Å². The number of carbonyl (C=O) groups excluding carboxylic acids is 2. The van der Waals surface area contributed by atoms with Gasteiger partial charge in [0.2, 0.25) is 0 Å². The van der Waals surface area contributed by atoms with Crippen LogP contribution in [0.1, 0.15) is 201 Å². The van der Waals surface area contributed by atoms with Crippen LogP contribution in [-0.4, -0.2) is 38.9 Å². The van der Waals surface area contributed by atoms with Gasteiger partial charge in [0.05, 0.1) is 13.7 Å². The zero-order chi connectivity index (χ0) is 31.2. The van der Waals surface area contributed by atoms with E-state index in [1.807, 2.05) is 13.8 Å². The van der Waals surface area contributed by atoms with Crippen molar-refractivity contribution in [2.24, 2.45) is 0 Å². The summed E-state index contributed by atoms with van der Waals surface area (Å²) in [7, 11) is 1.46. The summed E-state index contributed by atoms with van der Waals surface area (Å²) in [5.74, 6) is -0.0761. The van der Waals surface area contributed by atoms with Crippen LogP contribution in [0.4, 0.5) is 0 Å². The minimum absolute atomic E-state index is 0.00605. The minimum Gasteiger partial charge on any atom is -0.469 e. The summed E-state index contributed by atoms with van der Waals surface area (Å²) in [6.45, 7) is 8.55. The van der Waals surface area contributed by atoms with E-state index in [0.29, 0.717) is 19.4 Å². The molecule has 0 amide bonds. The first-order chi connectivity index (χ1) is 20.6. The molecule has 0 heterocycles. The fraction of sp³-hybridized carbons (Fsp3) is 0.946. The molecule has 0 radical (unpaired) electrons. The summed E-state index contributed by atoms with van der Waals surface area (Å²) in [4.78, 5) is 22.9. The molecule has 0 saturated carbocycles. The highest BCUT2D eigenvalue weighted by Gasteiger charge is 2.03. The average molecular weight is 599 g/mol. The molecule has 42 heavy (non-hydrogen) atoms. The van der Waals surface area contributed by atoms with Crippen LogP contribution in [0.3, 0.4) is 0 Å². The first-order valence-corrected chi connectivity index (χ1v) is 18.4. The maximum atomic E-state index is 11.9. The van der Waals surface area contributed by atoms with E-state index in [-0.39, 0.29) is 11.9 Å². The van der Waals surface area contributed by atoms with Gasteiger partial charge >= 0.3 is 11.9 Å². The van der Waals surface area contributed by atoms with Crippen molar-refractivity contribution >= 4 is 11.9 Å². The molecule has 0 aliphatic rings. The number of esters is 2. The molecule has 0 aliphatic carbocycles.